The highest BCUT2D eigenvalue weighted by Crippen LogP contribution is 2.35. The van der Waals surface area contributed by atoms with Gasteiger partial charge in [0.15, 0.2) is 11.9 Å². The molecule has 0 radical (unpaired) electrons. The lowest BCUT2D eigenvalue weighted by Gasteiger charge is -2.15. The highest BCUT2D eigenvalue weighted by Gasteiger charge is 2.39. The number of rotatable bonds is 7. The molecule has 5 rings (SSSR count). The molecule has 1 atom stereocenters. The summed E-state index contributed by atoms with van der Waals surface area (Å²) < 4.78 is 41.6. The lowest BCUT2D eigenvalue weighted by atomic mass is 9.96. The van der Waals surface area contributed by atoms with E-state index in [9.17, 15) is 23.1 Å². The molecule has 0 saturated heterocycles. The van der Waals surface area contributed by atoms with Gasteiger partial charge in [0.25, 0.3) is 0 Å². The second-order valence-electron chi connectivity index (χ2n) is 9.32. The monoisotopic (exact) mass is 617 g/mol. The van der Waals surface area contributed by atoms with Gasteiger partial charge in [-0.05, 0) is 71.3 Å². The Hall–Kier alpha value is -3.56. The third-order valence-electron chi connectivity index (χ3n) is 6.45. The van der Waals surface area contributed by atoms with Gasteiger partial charge in [0.2, 0.25) is 0 Å². The van der Waals surface area contributed by atoms with Gasteiger partial charge in [-0.3, -0.25) is 4.57 Å². The minimum atomic E-state index is -4.92. The fourth-order valence-corrected chi connectivity index (χ4v) is 5.07. The van der Waals surface area contributed by atoms with Gasteiger partial charge in [0.05, 0.1) is 13.1 Å². The third-order valence-corrected chi connectivity index (χ3v) is 7.36. The number of hydrogen-bond acceptors (Lipinski definition) is 3. The molecule has 4 aromatic carbocycles. The van der Waals surface area contributed by atoms with Gasteiger partial charge < -0.3 is 5.11 Å². The molecule has 5 aromatic rings. The predicted molar refractivity (Wildman–Crippen MR) is 155 cm³/mol. The fourth-order valence-electron chi connectivity index (χ4n) is 4.46. The van der Waals surface area contributed by atoms with Crippen LogP contribution in [0.5, 0.6) is 0 Å². The number of aliphatic hydroxyl groups is 1. The molecule has 0 aliphatic rings. The Kier molecular flexibility index (Phi) is 8.29. The molecule has 11 heteroatoms. The molecule has 1 heterocycles. The van der Waals surface area contributed by atoms with Gasteiger partial charge in [-0.15, -0.1) is 5.10 Å². The number of halogens is 6. The third kappa shape index (κ3) is 6.36. The first-order valence-electron chi connectivity index (χ1n) is 12.3. The van der Waals surface area contributed by atoms with Crippen molar-refractivity contribution in [2.24, 2.45) is 0 Å². The Labute approximate surface area is 248 Å². The van der Waals surface area contributed by atoms with Crippen molar-refractivity contribution in [3.8, 4) is 33.6 Å². The van der Waals surface area contributed by atoms with E-state index in [0.29, 0.717) is 26.2 Å². The van der Waals surface area contributed by atoms with E-state index in [-0.39, 0.29) is 12.4 Å². The molecular formula is C30H21Cl3F3N3O2. The molecule has 0 bridgehead atoms. The molecule has 0 saturated carbocycles. The van der Waals surface area contributed by atoms with E-state index in [1.807, 2.05) is 54.6 Å². The molecule has 0 aliphatic heterocycles. The van der Waals surface area contributed by atoms with Crippen LogP contribution in [0.2, 0.25) is 15.1 Å². The second-order valence-corrected chi connectivity index (χ2v) is 10.6. The van der Waals surface area contributed by atoms with E-state index >= 15 is 0 Å². The summed E-state index contributed by atoms with van der Waals surface area (Å²) in [6.45, 7) is -1.10. The van der Waals surface area contributed by atoms with Crippen LogP contribution < -0.4 is 5.69 Å². The van der Waals surface area contributed by atoms with E-state index in [1.54, 1.807) is 24.3 Å². The van der Waals surface area contributed by atoms with E-state index in [0.717, 1.165) is 31.5 Å². The first-order valence-corrected chi connectivity index (χ1v) is 13.5. The Bertz CT molecular complexity index is 1700. The van der Waals surface area contributed by atoms with Crippen molar-refractivity contribution in [1.29, 1.82) is 0 Å². The zero-order chi connectivity index (χ0) is 29.3. The van der Waals surface area contributed by atoms with Gasteiger partial charge in [0.1, 0.15) is 0 Å². The van der Waals surface area contributed by atoms with E-state index in [4.69, 9.17) is 34.8 Å². The number of aliphatic hydroxyl groups excluding tert-OH is 1. The molecule has 210 valence electrons. The maximum Gasteiger partial charge on any atom is 0.416 e. The molecule has 0 aliphatic carbocycles. The van der Waals surface area contributed by atoms with Crippen molar-refractivity contribution < 1.29 is 18.3 Å². The van der Waals surface area contributed by atoms with Crippen molar-refractivity contribution in [1.82, 2.24) is 14.3 Å². The summed E-state index contributed by atoms with van der Waals surface area (Å²) in [7, 11) is 0. The average molecular weight is 619 g/mol. The summed E-state index contributed by atoms with van der Waals surface area (Å²) in [6.07, 6.45) is -7.69. The van der Waals surface area contributed by atoms with Crippen LogP contribution in [0.1, 0.15) is 5.56 Å². The minimum Gasteiger partial charge on any atom is -0.382 e. The van der Waals surface area contributed by atoms with Crippen molar-refractivity contribution in [2.45, 2.75) is 25.4 Å². The summed E-state index contributed by atoms with van der Waals surface area (Å²) >= 11 is 19.0. The summed E-state index contributed by atoms with van der Waals surface area (Å²) in [5.41, 5.74) is 3.17. The van der Waals surface area contributed by atoms with Crippen LogP contribution in [0.15, 0.2) is 95.8 Å². The molecule has 1 aromatic heterocycles. The van der Waals surface area contributed by atoms with Crippen LogP contribution in [-0.2, 0) is 13.1 Å². The van der Waals surface area contributed by atoms with E-state index in [2.05, 4.69) is 5.10 Å². The molecule has 1 N–H and O–H groups in total. The first kappa shape index (κ1) is 29.0. The molecule has 41 heavy (non-hydrogen) atoms. The highest BCUT2D eigenvalue weighted by atomic mass is 35.5. The van der Waals surface area contributed by atoms with Gasteiger partial charge >= 0.3 is 11.9 Å². The summed E-state index contributed by atoms with van der Waals surface area (Å²) in [5.74, 6) is -0.0384. The Morgan fingerprint density at radius 1 is 0.780 bits per heavy atom. The SMILES string of the molecule is O=c1n(Cc2cc(-c3ccccc3Cl)cc(-c3ccccc3Cl)c2)nc(-c2ccc(Cl)cc2)n1CC(O)C(F)(F)F. The van der Waals surface area contributed by atoms with Crippen molar-refractivity contribution in [3.05, 3.63) is 122 Å². The fraction of sp³-hybridized carbons (Fsp3) is 0.133. The maximum atomic E-state index is 13.4. The second kappa shape index (κ2) is 11.7. The van der Waals surface area contributed by atoms with Crippen molar-refractivity contribution >= 4 is 34.8 Å². The molecule has 5 nitrogen and oxygen atoms in total. The van der Waals surface area contributed by atoms with Crippen LogP contribution in [0.25, 0.3) is 33.6 Å². The normalized spacial score (nSPS) is 12.5. The van der Waals surface area contributed by atoms with Gasteiger partial charge in [-0.25, -0.2) is 9.48 Å². The first-order chi connectivity index (χ1) is 19.5. The van der Waals surface area contributed by atoms with Gasteiger partial charge in [-0.1, -0.05) is 71.2 Å². The highest BCUT2D eigenvalue weighted by molar-refractivity contribution is 6.34. The van der Waals surface area contributed by atoms with Crippen LogP contribution in [0.4, 0.5) is 13.2 Å². The van der Waals surface area contributed by atoms with Crippen LogP contribution in [-0.4, -0.2) is 31.7 Å². The maximum absolute atomic E-state index is 13.4. The standard InChI is InChI=1S/C30H21Cl3F3N3O2/c31-22-11-9-19(10-12-22)28-37-39(29(41)38(28)17-27(40)30(34,35)36)16-18-13-20(23-5-1-3-7-25(23)32)15-21(14-18)24-6-2-4-8-26(24)33/h1-15,27,40H,16-17H2. The average Bonchev–Trinajstić information content (AvgIpc) is 3.23. The molecule has 1 unspecified atom stereocenters. The predicted octanol–water partition coefficient (Wildman–Crippen LogP) is 7.98. The summed E-state index contributed by atoms with van der Waals surface area (Å²) in [4.78, 5) is 13.4. The zero-order valence-electron chi connectivity index (χ0n) is 21.1. The lowest BCUT2D eigenvalue weighted by Crippen LogP contribution is -2.37. The van der Waals surface area contributed by atoms with Crippen LogP contribution in [0, 0.1) is 0 Å². The largest absolute Gasteiger partial charge is 0.416 e. The zero-order valence-corrected chi connectivity index (χ0v) is 23.4. The smallest absolute Gasteiger partial charge is 0.382 e. The molecule has 0 amide bonds. The molecule has 0 spiro atoms. The Morgan fingerprint density at radius 3 is 1.83 bits per heavy atom. The minimum absolute atomic E-state index is 0.0384. The van der Waals surface area contributed by atoms with Crippen molar-refractivity contribution in [3.63, 3.8) is 0 Å². The topological polar surface area (TPSA) is 60.0 Å². The number of benzene rings is 4. The van der Waals surface area contributed by atoms with E-state index < -0.39 is 24.5 Å². The lowest BCUT2D eigenvalue weighted by molar-refractivity contribution is -0.207. The van der Waals surface area contributed by atoms with Gasteiger partial charge in [0, 0.05) is 31.8 Å². The number of nitrogens with zero attached hydrogens (tertiary/aromatic N) is 3. The quantitative estimate of drug-likeness (QED) is 0.201. The number of hydrogen-bond donors (Lipinski definition) is 1. The van der Waals surface area contributed by atoms with E-state index in [1.165, 1.54) is 12.1 Å². The molecule has 0 fully saturated rings. The Balaban J connectivity index is 1.64. The summed E-state index contributed by atoms with van der Waals surface area (Å²) in [6, 6.07) is 26.3. The van der Waals surface area contributed by atoms with Crippen LogP contribution >= 0.6 is 34.8 Å². The molecular weight excluding hydrogens is 598 g/mol. The summed E-state index contributed by atoms with van der Waals surface area (Å²) in [5, 5.41) is 15.6. The van der Waals surface area contributed by atoms with Gasteiger partial charge in [-0.2, -0.15) is 13.2 Å². The van der Waals surface area contributed by atoms with Crippen molar-refractivity contribution in [2.75, 3.05) is 0 Å². The van der Waals surface area contributed by atoms with Crippen LogP contribution in [0.3, 0.4) is 0 Å². The number of aromatic nitrogens is 3. The Morgan fingerprint density at radius 2 is 1.32 bits per heavy atom. The number of alkyl halides is 3.